The van der Waals surface area contributed by atoms with Gasteiger partial charge in [0.15, 0.2) is 0 Å². The van der Waals surface area contributed by atoms with Crippen molar-refractivity contribution >= 4 is 10.9 Å². The molecule has 2 aromatic rings. The first-order chi connectivity index (χ1) is 9.86. The van der Waals surface area contributed by atoms with Gasteiger partial charge >= 0.3 is 0 Å². The monoisotopic (exact) mass is 268 g/mol. The number of benzene rings is 1. The topological polar surface area (TPSA) is 55.1 Å². The normalized spacial score (nSPS) is 15.9. The molecule has 4 heteroatoms. The molecule has 0 aliphatic carbocycles. The van der Waals surface area contributed by atoms with Crippen molar-refractivity contribution in [3.05, 3.63) is 35.9 Å². The highest BCUT2D eigenvalue weighted by Gasteiger charge is 2.15. The Morgan fingerprint density at radius 3 is 2.90 bits per heavy atom. The number of rotatable bonds is 3. The maximum atomic E-state index is 9.23. The second-order valence-electron chi connectivity index (χ2n) is 5.00. The Kier molecular flexibility index (Phi) is 3.80. The SMILES string of the molecule is N#Cc1cc(OCC2CCOCC2)nc2ccccc12. The van der Waals surface area contributed by atoms with Crippen LogP contribution in [0.25, 0.3) is 10.9 Å². The molecule has 0 amide bonds. The van der Waals surface area contributed by atoms with E-state index in [9.17, 15) is 5.26 Å². The molecule has 0 unspecified atom stereocenters. The van der Waals surface area contributed by atoms with Crippen LogP contribution in [0.3, 0.4) is 0 Å². The van der Waals surface area contributed by atoms with Crippen LogP contribution >= 0.6 is 0 Å². The van der Waals surface area contributed by atoms with Crippen molar-refractivity contribution in [2.75, 3.05) is 19.8 Å². The highest BCUT2D eigenvalue weighted by atomic mass is 16.5. The van der Waals surface area contributed by atoms with E-state index in [-0.39, 0.29) is 0 Å². The zero-order valence-electron chi connectivity index (χ0n) is 11.2. The molecule has 0 atom stereocenters. The molecule has 0 radical (unpaired) electrons. The Labute approximate surface area is 118 Å². The summed E-state index contributed by atoms with van der Waals surface area (Å²) in [6, 6.07) is 11.6. The highest BCUT2D eigenvalue weighted by molar-refractivity contribution is 5.85. The van der Waals surface area contributed by atoms with Crippen molar-refractivity contribution in [1.29, 1.82) is 5.26 Å². The van der Waals surface area contributed by atoms with Gasteiger partial charge in [-0.25, -0.2) is 4.98 Å². The van der Waals surface area contributed by atoms with E-state index in [1.807, 2.05) is 24.3 Å². The van der Waals surface area contributed by atoms with Crippen molar-refractivity contribution in [2.45, 2.75) is 12.8 Å². The first kappa shape index (κ1) is 12.9. The van der Waals surface area contributed by atoms with Crippen LogP contribution in [-0.4, -0.2) is 24.8 Å². The van der Waals surface area contributed by atoms with E-state index in [4.69, 9.17) is 9.47 Å². The summed E-state index contributed by atoms with van der Waals surface area (Å²) in [6.07, 6.45) is 2.05. The first-order valence-corrected chi connectivity index (χ1v) is 6.87. The van der Waals surface area contributed by atoms with Gasteiger partial charge in [0, 0.05) is 24.7 Å². The molecule has 1 aliphatic rings. The van der Waals surface area contributed by atoms with E-state index in [2.05, 4.69) is 11.1 Å². The number of pyridine rings is 1. The van der Waals surface area contributed by atoms with E-state index in [0.717, 1.165) is 37.0 Å². The molecule has 3 rings (SSSR count). The number of aromatic nitrogens is 1. The molecule has 0 spiro atoms. The molecule has 1 aliphatic heterocycles. The van der Waals surface area contributed by atoms with Gasteiger partial charge in [0.05, 0.1) is 17.7 Å². The van der Waals surface area contributed by atoms with Crippen molar-refractivity contribution in [3.8, 4) is 11.9 Å². The lowest BCUT2D eigenvalue weighted by Crippen LogP contribution is -2.21. The maximum Gasteiger partial charge on any atom is 0.215 e. The average molecular weight is 268 g/mol. The maximum absolute atomic E-state index is 9.23. The second kappa shape index (κ2) is 5.89. The minimum Gasteiger partial charge on any atom is -0.477 e. The lowest BCUT2D eigenvalue weighted by atomic mass is 10.0. The number of hydrogen-bond acceptors (Lipinski definition) is 4. The summed E-state index contributed by atoms with van der Waals surface area (Å²) in [5, 5.41) is 10.1. The molecule has 4 nitrogen and oxygen atoms in total. The van der Waals surface area contributed by atoms with Gasteiger partial charge in [-0.2, -0.15) is 5.26 Å². The van der Waals surface area contributed by atoms with Crippen molar-refractivity contribution < 1.29 is 9.47 Å². The molecule has 1 aromatic heterocycles. The Hall–Kier alpha value is -2.12. The van der Waals surface area contributed by atoms with Crippen LogP contribution in [0, 0.1) is 17.2 Å². The van der Waals surface area contributed by atoms with Crippen LogP contribution in [0.4, 0.5) is 0 Å². The number of hydrogen-bond donors (Lipinski definition) is 0. The minimum absolute atomic E-state index is 0.516. The summed E-state index contributed by atoms with van der Waals surface area (Å²) in [6.45, 7) is 2.25. The summed E-state index contributed by atoms with van der Waals surface area (Å²) in [4.78, 5) is 4.46. The minimum atomic E-state index is 0.516. The molecular weight excluding hydrogens is 252 g/mol. The predicted molar refractivity (Wildman–Crippen MR) is 75.5 cm³/mol. The van der Waals surface area contributed by atoms with Crippen LogP contribution in [0.1, 0.15) is 18.4 Å². The Morgan fingerprint density at radius 1 is 1.30 bits per heavy atom. The smallest absolute Gasteiger partial charge is 0.215 e. The summed E-state index contributed by atoms with van der Waals surface area (Å²) >= 11 is 0. The van der Waals surface area contributed by atoms with E-state index in [1.165, 1.54) is 0 Å². The standard InChI is InChI=1S/C16H16N2O2/c17-10-13-9-16(18-15-4-2-1-3-14(13)15)20-11-12-5-7-19-8-6-12/h1-4,9,12H,5-8,11H2. The number of ether oxygens (including phenoxy) is 2. The van der Waals surface area contributed by atoms with Crippen molar-refractivity contribution in [2.24, 2.45) is 5.92 Å². The number of nitriles is 1. The van der Waals surface area contributed by atoms with Gasteiger partial charge in [-0.15, -0.1) is 0 Å². The Bertz CT molecular complexity index is 642. The van der Waals surface area contributed by atoms with Crippen molar-refractivity contribution in [3.63, 3.8) is 0 Å². The molecule has 0 N–H and O–H groups in total. The fourth-order valence-electron chi connectivity index (χ4n) is 2.43. The molecular formula is C16H16N2O2. The van der Waals surface area contributed by atoms with E-state index in [0.29, 0.717) is 24.0 Å². The fourth-order valence-corrected chi connectivity index (χ4v) is 2.43. The third kappa shape index (κ3) is 2.73. The van der Waals surface area contributed by atoms with Crippen LogP contribution in [0.5, 0.6) is 5.88 Å². The molecule has 2 heterocycles. The van der Waals surface area contributed by atoms with Gasteiger partial charge in [0.25, 0.3) is 0 Å². The largest absolute Gasteiger partial charge is 0.477 e. The van der Waals surface area contributed by atoms with Gasteiger partial charge in [-0.3, -0.25) is 0 Å². The van der Waals surface area contributed by atoms with Crippen LogP contribution in [0.2, 0.25) is 0 Å². The molecule has 0 bridgehead atoms. The molecule has 1 aromatic carbocycles. The number of fused-ring (bicyclic) bond motifs is 1. The third-order valence-electron chi connectivity index (χ3n) is 3.62. The zero-order chi connectivity index (χ0) is 13.8. The molecule has 1 fully saturated rings. The fraction of sp³-hybridized carbons (Fsp3) is 0.375. The summed E-state index contributed by atoms with van der Waals surface area (Å²) in [5.41, 5.74) is 1.41. The quantitative estimate of drug-likeness (QED) is 0.858. The van der Waals surface area contributed by atoms with E-state index < -0.39 is 0 Å². The molecule has 102 valence electrons. The average Bonchev–Trinajstić information content (AvgIpc) is 2.53. The lowest BCUT2D eigenvalue weighted by Gasteiger charge is -2.21. The van der Waals surface area contributed by atoms with Crippen LogP contribution < -0.4 is 4.74 Å². The Balaban J connectivity index is 1.79. The first-order valence-electron chi connectivity index (χ1n) is 6.87. The van der Waals surface area contributed by atoms with E-state index in [1.54, 1.807) is 6.07 Å². The van der Waals surface area contributed by atoms with Gasteiger partial charge < -0.3 is 9.47 Å². The van der Waals surface area contributed by atoms with E-state index >= 15 is 0 Å². The van der Waals surface area contributed by atoms with Gasteiger partial charge in [0.2, 0.25) is 5.88 Å². The van der Waals surface area contributed by atoms with Gasteiger partial charge in [-0.1, -0.05) is 18.2 Å². The summed E-state index contributed by atoms with van der Waals surface area (Å²) in [7, 11) is 0. The third-order valence-corrected chi connectivity index (χ3v) is 3.62. The number of para-hydroxylation sites is 1. The lowest BCUT2D eigenvalue weighted by molar-refractivity contribution is 0.0491. The summed E-state index contributed by atoms with van der Waals surface area (Å²) in [5.74, 6) is 1.05. The highest BCUT2D eigenvalue weighted by Crippen LogP contribution is 2.22. The van der Waals surface area contributed by atoms with Crippen molar-refractivity contribution in [1.82, 2.24) is 4.98 Å². The molecule has 20 heavy (non-hydrogen) atoms. The molecule has 1 saturated heterocycles. The van der Waals surface area contributed by atoms with Crippen LogP contribution in [0.15, 0.2) is 30.3 Å². The molecule has 0 saturated carbocycles. The number of nitrogens with zero attached hydrogens (tertiary/aromatic N) is 2. The van der Waals surface area contributed by atoms with Crippen LogP contribution in [-0.2, 0) is 4.74 Å². The Morgan fingerprint density at radius 2 is 2.10 bits per heavy atom. The summed E-state index contributed by atoms with van der Waals surface area (Å²) < 4.78 is 11.1. The zero-order valence-corrected chi connectivity index (χ0v) is 11.2. The van der Waals surface area contributed by atoms with Gasteiger partial charge in [-0.05, 0) is 24.8 Å². The predicted octanol–water partition coefficient (Wildman–Crippen LogP) is 2.91. The second-order valence-corrected chi connectivity index (χ2v) is 5.00. The van der Waals surface area contributed by atoms with Gasteiger partial charge in [0.1, 0.15) is 6.07 Å².